The molecule has 0 saturated heterocycles. The van der Waals surface area contributed by atoms with E-state index in [0.29, 0.717) is 5.56 Å². The Hall–Kier alpha value is -2.29. The smallest absolute Gasteiger partial charge is 0.251 e. The van der Waals surface area contributed by atoms with Gasteiger partial charge in [0.15, 0.2) is 0 Å². The molecule has 2 N–H and O–H groups in total. The Kier molecular flexibility index (Phi) is 3.33. The zero-order valence-electron chi connectivity index (χ0n) is 10.4. The fourth-order valence-electron chi connectivity index (χ4n) is 1.94. The Labute approximate surface area is 106 Å². The van der Waals surface area contributed by atoms with Gasteiger partial charge in [0.05, 0.1) is 0 Å². The number of carbonyl (C=O) groups is 1. The van der Waals surface area contributed by atoms with E-state index >= 15 is 0 Å². The molecule has 2 rings (SSSR count). The van der Waals surface area contributed by atoms with E-state index in [1.165, 1.54) is 0 Å². The molecule has 0 spiro atoms. The first-order valence-corrected chi connectivity index (χ1v) is 5.74. The van der Waals surface area contributed by atoms with Crippen LogP contribution >= 0.6 is 0 Å². The molecule has 0 unspecified atom stereocenters. The number of hydrogen-bond donors (Lipinski definition) is 2. The van der Waals surface area contributed by atoms with Gasteiger partial charge in [-0.05, 0) is 47.9 Å². The average molecular weight is 241 g/mol. The molecule has 0 heterocycles. The average Bonchev–Trinajstić information content (AvgIpc) is 2.38. The first kappa shape index (κ1) is 12.2. The molecule has 3 heteroatoms. The van der Waals surface area contributed by atoms with Gasteiger partial charge < -0.3 is 10.4 Å². The van der Waals surface area contributed by atoms with Crippen LogP contribution in [0.15, 0.2) is 42.5 Å². The molecule has 0 saturated carbocycles. The summed E-state index contributed by atoms with van der Waals surface area (Å²) in [4.78, 5) is 11.6. The lowest BCUT2D eigenvalue weighted by atomic mass is 9.98. The number of phenols is 1. The van der Waals surface area contributed by atoms with Crippen molar-refractivity contribution in [3.8, 4) is 16.9 Å². The molecule has 0 atom stereocenters. The second-order valence-electron chi connectivity index (χ2n) is 4.16. The third-order valence-corrected chi connectivity index (χ3v) is 2.87. The zero-order chi connectivity index (χ0) is 13.1. The molecule has 2 aromatic rings. The van der Waals surface area contributed by atoms with Crippen molar-refractivity contribution in [1.82, 2.24) is 5.32 Å². The van der Waals surface area contributed by atoms with E-state index in [0.717, 1.165) is 16.7 Å². The van der Waals surface area contributed by atoms with Crippen LogP contribution in [0.1, 0.15) is 15.9 Å². The van der Waals surface area contributed by atoms with Gasteiger partial charge in [0, 0.05) is 12.6 Å². The highest BCUT2D eigenvalue weighted by Crippen LogP contribution is 2.26. The van der Waals surface area contributed by atoms with Crippen molar-refractivity contribution in [2.24, 2.45) is 0 Å². The van der Waals surface area contributed by atoms with Gasteiger partial charge in [-0.25, -0.2) is 0 Å². The number of hydrogen-bond acceptors (Lipinski definition) is 2. The second kappa shape index (κ2) is 4.92. The molecule has 0 fully saturated rings. The summed E-state index contributed by atoms with van der Waals surface area (Å²) in [5.74, 6) is 0.145. The highest BCUT2D eigenvalue weighted by molar-refractivity contribution is 5.95. The molecule has 92 valence electrons. The molecular formula is C15H15NO2. The summed E-state index contributed by atoms with van der Waals surface area (Å²) in [6.45, 7) is 1.93. The van der Waals surface area contributed by atoms with Crippen molar-refractivity contribution in [1.29, 1.82) is 0 Å². The van der Waals surface area contributed by atoms with Crippen LogP contribution in [0.3, 0.4) is 0 Å². The van der Waals surface area contributed by atoms with Gasteiger partial charge in [-0.2, -0.15) is 0 Å². The van der Waals surface area contributed by atoms with Crippen molar-refractivity contribution in [2.75, 3.05) is 7.05 Å². The lowest BCUT2D eigenvalue weighted by molar-refractivity contribution is 0.0963. The SMILES string of the molecule is CNC(=O)c1cccc(-c2ccc(O)cc2C)c1. The van der Waals surface area contributed by atoms with Crippen LogP contribution in [0, 0.1) is 6.92 Å². The molecule has 18 heavy (non-hydrogen) atoms. The van der Waals surface area contributed by atoms with Crippen molar-refractivity contribution in [3.63, 3.8) is 0 Å². The molecule has 0 aromatic heterocycles. The van der Waals surface area contributed by atoms with Gasteiger partial charge in [-0.3, -0.25) is 4.79 Å². The first-order valence-electron chi connectivity index (χ1n) is 5.74. The van der Waals surface area contributed by atoms with Crippen LogP contribution in [0.2, 0.25) is 0 Å². The van der Waals surface area contributed by atoms with Crippen molar-refractivity contribution >= 4 is 5.91 Å². The molecule has 2 aromatic carbocycles. The molecule has 3 nitrogen and oxygen atoms in total. The minimum atomic E-state index is -0.103. The molecule has 0 aliphatic rings. The van der Waals surface area contributed by atoms with Crippen LogP contribution in [0.5, 0.6) is 5.75 Å². The number of rotatable bonds is 2. The predicted octanol–water partition coefficient (Wildman–Crippen LogP) is 2.73. The van der Waals surface area contributed by atoms with Crippen LogP contribution in [-0.2, 0) is 0 Å². The molecule has 0 bridgehead atoms. The summed E-state index contributed by atoms with van der Waals surface area (Å²) >= 11 is 0. The minimum Gasteiger partial charge on any atom is -0.508 e. The maximum Gasteiger partial charge on any atom is 0.251 e. The quantitative estimate of drug-likeness (QED) is 0.849. The van der Waals surface area contributed by atoms with Crippen LogP contribution in [-0.4, -0.2) is 18.1 Å². The number of nitrogens with one attached hydrogen (secondary N) is 1. The highest BCUT2D eigenvalue weighted by Gasteiger charge is 2.07. The van der Waals surface area contributed by atoms with Crippen molar-refractivity contribution in [3.05, 3.63) is 53.6 Å². The van der Waals surface area contributed by atoms with E-state index in [9.17, 15) is 9.90 Å². The third kappa shape index (κ3) is 2.35. The topological polar surface area (TPSA) is 49.3 Å². The molecule has 0 aliphatic heterocycles. The monoisotopic (exact) mass is 241 g/mol. The standard InChI is InChI=1S/C15H15NO2/c1-10-8-13(17)6-7-14(10)11-4-3-5-12(9-11)15(18)16-2/h3-9,17H,1-2H3,(H,16,18). The first-order chi connectivity index (χ1) is 8.61. The van der Waals surface area contributed by atoms with Crippen LogP contribution in [0.25, 0.3) is 11.1 Å². The Morgan fingerprint density at radius 3 is 2.61 bits per heavy atom. The largest absolute Gasteiger partial charge is 0.508 e. The van der Waals surface area contributed by atoms with E-state index < -0.39 is 0 Å². The van der Waals surface area contributed by atoms with Gasteiger partial charge in [0.25, 0.3) is 5.91 Å². The molecular weight excluding hydrogens is 226 g/mol. The Balaban J connectivity index is 2.48. The lowest BCUT2D eigenvalue weighted by Crippen LogP contribution is -2.17. The maximum absolute atomic E-state index is 11.6. The van der Waals surface area contributed by atoms with E-state index in [-0.39, 0.29) is 11.7 Å². The molecule has 0 radical (unpaired) electrons. The normalized spacial score (nSPS) is 10.1. The summed E-state index contributed by atoms with van der Waals surface area (Å²) < 4.78 is 0. The fraction of sp³-hybridized carbons (Fsp3) is 0.133. The molecule has 0 aliphatic carbocycles. The van der Waals surface area contributed by atoms with E-state index in [4.69, 9.17) is 0 Å². The second-order valence-corrected chi connectivity index (χ2v) is 4.16. The summed E-state index contributed by atoms with van der Waals surface area (Å²) in [5.41, 5.74) is 3.58. The van der Waals surface area contributed by atoms with Gasteiger partial charge >= 0.3 is 0 Å². The highest BCUT2D eigenvalue weighted by atomic mass is 16.3. The summed E-state index contributed by atoms with van der Waals surface area (Å²) in [6.07, 6.45) is 0. The minimum absolute atomic E-state index is 0.103. The number of phenolic OH excluding ortho intramolecular Hbond substituents is 1. The van der Waals surface area contributed by atoms with Crippen molar-refractivity contribution in [2.45, 2.75) is 6.92 Å². The predicted molar refractivity (Wildman–Crippen MR) is 71.7 cm³/mol. The Morgan fingerprint density at radius 1 is 1.17 bits per heavy atom. The Bertz CT molecular complexity index is 591. The lowest BCUT2D eigenvalue weighted by Gasteiger charge is -2.08. The summed E-state index contributed by atoms with van der Waals surface area (Å²) in [5, 5.41) is 12.0. The van der Waals surface area contributed by atoms with Crippen LogP contribution < -0.4 is 5.32 Å². The van der Waals surface area contributed by atoms with E-state index in [1.54, 1.807) is 25.2 Å². The van der Waals surface area contributed by atoms with E-state index in [2.05, 4.69) is 5.32 Å². The number of carbonyl (C=O) groups excluding carboxylic acids is 1. The van der Waals surface area contributed by atoms with Gasteiger partial charge in [-0.15, -0.1) is 0 Å². The fourth-order valence-corrected chi connectivity index (χ4v) is 1.94. The van der Waals surface area contributed by atoms with Gasteiger partial charge in [0.1, 0.15) is 5.75 Å². The number of aryl methyl sites for hydroxylation is 1. The summed E-state index contributed by atoms with van der Waals surface area (Å²) in [7, 11) is 1.61. The molecule has 1 amide bonds. The zero-order valence-corrected chi connectivity index (χ0v) is 10.4. The van der Waals surface area contributed by atoms with Crippen molar-refractivity contribution < 1.29 is 9.90 Å². The van der Waals surface area contributed by atoms with Gasteiger partial charge in [-0.1, -0.05) is 18.2 Å². The Morgan fingerprint density at radius 2 is 1.94 bits per heavy atom. The van der Waals surface area contributed by atoms with E-state index in [1.807, 2.05) is 31.2 Å². The number of aromatic hydroxyl groups is 1. The third-order valence-electron chi connectivity index (χ3n) is 2.87. The number of amides is 1. The maximum atomic E-state index is 11.6. The summed E-state index contributed by atoms with van der Waals surface area (Å²) in [6, 6.07) is 12.6. The van der Waals surface area contributed by atoms with Crippen LogP contribution in [0.4, 0.5) is 0 Å². The number of benzene rings is 2. The van der Waals surface area contributed by atoms with Gasteiger partial charge in [0.2, 0.25) is 0 Å².